The highest BCUT2D eigenvalue weighted by atomic mass is 16.6. The SMILES string of the molecule is CO[C@H]1[C@@H](OC)C[C@H](C)C(O)C2=CC(=O)C=C(NC(=O)/C(C)=C/C=C\[C@H](OC)[C@@H](OC(N)=O)/C(C)=C/[C@@H]1C)C2=O. The van der Waals surface area contributed by atoms with Gasteiger partial charge < -0.3 is 35.1 Å². The van der Waals surface area contributed by atoms with E-state index >= 15 is 0 Å². The highest BCUT2D eigenvalue weighted by Crippen LogP contribution is 2.28. The number of carbonyl (C=O) groups excluding carboxylic acids is 4. The molecule has 11 heteroatoms. The minimum absolute atomic E-state index is 0.114. The van der Waals surface area contributed by atoms with Crippen LogP contribution in [0, 0.1) is 11.8 Å². The summed E-state index contributed by atoms with van der Waals surface area (Å²) in [5.41, 5.74) is 5.86. The van der Waals surface area contributed by atoms with Gasteiger partial charge in [0.15, 0.2) is 11.9 Å². The van der Waals surface area contributed by atoms with Gasteiger partial charge in [0.2, 0.25) is 5.78 Å². The highest BCUT2D eigenvalue weighted by Gasteiger charge is 2.35. The summed E-state index contributed by atoms with van der Waals surface area (Å²) in [6.07, 6.45) is 3.89. The molecule has 2 amide bonds. The van der Waals surface area contributed by atoms with Crippen LogP contribution in [0.3, 0.4) is 0 Å². The van der Waals surface area contributed by atoms with Crippen LogP contribution in [-0.2, 0) is 33.3 Å². The quantitative estimate of drug-likeness (QED) is 0.345. The summed E-state index contributed by atoms with van der Waals surface area (Å²) >= 11 is 0. The van der Waals surface area contributed by atoms with Crippen LogP contribution in [0.2, 0.25) is 0 Å². The van der Waals surface area contributed by atoms with E-state index in [0.717, 1.165) is 12.2 Å². The normalized spacial score (nSPS) is 34.4. The molecule has 2 aliphatic rings. The van der Waals surface area contributed by atoms with Gasteiger partial charge in [0.25, 0.3) is 5.91 Å². The van der Waals surface area contributed by atoms with E-state index in [2.05, 4.69) is 5.32 Å². The molecule has 220 valence electrons. The Morgan fingerprint density at radius 1 is 1.05 bits per heavy atom. The lowest BCUT2D eigenvalue weighted by Gasteiger charge is -2.33. The predicted molar refractivity (Wildman–Crippen MR) is 147 cm³/mol. The number of amides is 2. The number of methoxy groups -OCH3 is 3. The Kier molecular flexibility index (Phi) is 12.2. The molecule has 1 aliphatic carbocycles. The van der Waals surface area contributed by atoms with Gasteiger partial charge in [0.1, 0.15) is 6.10 Å². The third kappa shape index (κ3) is 8.31. The lowest BCUT2D eigenvalue weighted by molar-refractivity contribution is -0.120. The average molecular weight is 561 g/mol. The number of primary amides is 1. The number of ether oxygens (including phenoxy) is 4. The molecule has 0 aromatic rings. The molecule has 0 saturated heterocycles. The number of allylic oxidation sites excluding steroid dienone is 5. The first-order valence-electron chi connectivity index (χ1n) is 12.9. The van der Waals surface area contributed by atoms with Gasteiger partial charge in [-0.2, -0.15) is 0 Å². The van der Waals surface area contributed by atoms with E-state index in [1.165, 1.54) is 34.3 Å². The maximum absolute atomic E-state index is 13.2. The van der Waals surface area contributed by atoms with Crippen molar-refractivity contribution < 1.29 is 43.2 Å². The molecular formula is C29H40N2O9. The second kappa shape index (κ2) is 14.8. The second-order valence-electron chi connectivity index (χ2n) is 10.0. The van der Waals surface area contributed by atoms with Crippen molar-refractivity contribution >= 4 is 23.6 Å². The predicted octanol–water partition coefficient (Wildman–Crippen LogP) is 2.06. The number of Topliss-reactive ketones (excluding diaryl/α,β-unsaturated/α-hetero) is 1. The molecule has 0 saturated carbocycles. The number of rotatable bonds is 4. The summed E-state index contributed by atoms with van der Waals surface area (Å²) < 4.78 is 22.5. The third-order valence-corrected chi connectivity index (χ3v) is 7.05. The fourth-order valence-electron chi connectivity index (χ4n) is 4.87. The van der Waals surface area contributed by atoms with Gasteiger partial charge in [-0.05, 0) is 37.8 Å². The molecule has 11 nitrogen and oxygen atoms in total. The summed E-state index contributed by atoms with van der Waals surface area (Å²) in [7, 11) is 4.49. The molecule has 7 atom stereocenters. The van der Waals surface area contributed by atoms with Crippen molar-refractivity contribution in [2.45, 2.75) is 64.6 Å². The molecule has 40 heavy (non-hydrogen) atoms. The Balaban J connectivity index is 2.62. The minimum Gasteiger partial charge on any atom is -0.439 e. The standard InChI is InChI=1S/C29H40N2O9/c1-15-9-8-10-22(37-5)27(40-29(30)36)18(4)11-17(3)26(39-7)23(38-6)12-16(2)24(33)20-13-19(32)14-21(25(20)34)31-28(15)35/h8-11,13-14,16-17,22-24,26-27,33H,12H2,1-7H3,(H2,30,36)(H,31,35)/b10-8-,15-9+,18-11+/t16-,17-,22-,23-,24?,26+,27-/m0/s1. The molecule has 1 unspecified atom stereocenters. The van der Waals surface area contributed by atoms with E-state index in [0.29, 0.717) is 5.57 Å². The Morgan fingerprint density at radius 2 is 1.73 bits per heavy atom. The van der Waals surface area contributed by atoms with E-state index in [4.69, 9.17) is 24.7 Å². The minimum atomic E-state index is -1.31. The van der Waals surface area contributed by atoms with Crippen molar-refractivity contribution in [3.8, 4) is 0 Å². The summed E-state index contributed by atoms with van der Waals surface area (Å²) in [5.74, 6) is -2.60. The molecule has 0 radical (unpaired) electrons. The molecule has 0 aromatic carbocycles. The lowest BCUT2D eigenvalue weighted by Crippen LogP contribution is -2.40. The molecule has 2 bridgehead atoms. The average Bonchev–Trinajstić information content (AvgIpc) is 2.90. The molecule has 0 aromatic heterocycles. The number of hydrogen-bond acceptors (Lipinski definition) is 9. The van der Waals surface area contributed by atoms with Crippen LogP contribution >= 0.6 is 0 Å². The first kappa shape index (κ1) is 32.8. The van der Waals surface area contributed by atoms with Crippen LogP contribution in [0.5, 0.6) is 0 Å². The number of carbonyl (C=O) groups is 4. The summed E-state index contributed by atoms with van der Waals surface area (Å²) in [6, 6.07) is 0. The van der Waals surface area contributed by atoms with Gasteiger partial charge in [-0.15, -0.1) is 0 Å². The van der Waals surface area contributed by atoms with Crippen LogP contribution < -0.4 is 11.1 Å². The maximum atomic E-state index is 13.2. The van der Waals surface area contributed by atoms with Crippen LogP contribution in [-0.4, -0.2) is 80.5 Å². The second-order valence-corrected chi connectivity index (χ2v) is 10.0. The zero-order valence-electron chi connectivity index (χ0n) is 24.0. The Bertz CT molecular complexity index is 1130. The van der Waals surface area contributed by atoms with E-state index in [-0.39, 0.29) is 29.2 Å². The molecule has 2 rings (SSSR count). The summed E-state index contributed by atoms with van der Waals surface area (Å²) in [5, 5.41) is 13.6. The van der Waals surface area contributed by atoms with Gasteiger partial charge in [0, 0.05) is 44.5 Å². The van der Waals surface area contributed by atoms with Crippen LogP contribution in [0.4, 0.5) is 4.79 Å². The molecule has 4 N–H and O–H groups in total. The molecule has 0 spiro atoms. The van der Waals surface area contributed by atoms with E-state index in [1.54, 1.807) is 26.0 Å². The van der Waals surface area contributed by atoms with Crippen molar-refractivity contribution in [3.05, 3.63) is 58.9 Å². The van der Waals surface area contributed by atoms with Crippen LogP contribution in [0.1, 0.15) is 34.1 Å². The van der Waals surface area contributed by atoms with Crippen LogP contribution in [0.25, 0.3) is 0 Å². The van der Waals surface area contributed by atoms with E-state index < -0.39 is 60.0 Å². The summed E-state index contributed by atoms with van der Waals surface area (Å²) in [6.45, 7) is 6.92. The van der Waals surface area contributed by atoms with Crippen molar-refractivity contribution in [1.29, 1.82) is 0 Å². The van der Waals surface area contributed by atoms with Crippen molar-refractivity contribution in [2.75, 3.05) is 21.3 Å². The number of nitrogens with one attached hydrogen (secondary N) is 1. The Morgan fingerprint density at radius 3 is 2.30 bits per heavy atom. The monoisotopic (exact) mass is 560 g/mol. The zero-order chi connectivity index (χ0) is 30.1. The highest BCUT2D eigenvalue weighted by molar-refractivity contribution is 6.22. The fraction of sp³-hybridized carbons (Fsp3) is 0.517. The Hall–Kier alpha value is -3.38. The van der Waals surface area contributed by atoms with E-state index in [9.17, 15) is 24.3 Å². The van der Waals surface area contributed by atoms with Crippen molar-refractivity contribution in [2.24, 2.45) is 17.6 Å². The zero-order valence-corrected chi connectivity index (χ0v) is 24.0. The van der Waals surface area contributed by atoms with Gasteiger partial charge in [-0.3, -0.25) is 14.4 Å². The lowest BCUT2D eigenvalue weighted by atomic mass is 9.84. The van der Waals surface area contributed by atoms with Gasteiger partial charge in [-0.25, -0.2) is 4.79 Å². The van der Waals surface area contributed by atoms with Crippen molar-refractivity contribution in [3.63, 3.8) is 0 Å². The molecule has 0 fully saturated rings. The molecule has 1 aliphatic heterocycles. The van der Waals surface area contributed by atoms with Crippen LogP contribution in [0.15, 0.2) is 58.9 Å². The first-order valence-corrected chi connectivity index (χ1v) is 12.9. The Labute approximate surface area is 234 Å². The number of aliphatic hydroxyl groups is 1. The number of fused-ring (bicyclic) bond motifs is 2. The van der Waals surface area contributed by atoms with Gasteiger partial charge >= 0.3 is 6.09 Å². The first-order chi connectivity index (χ1) is 18.8. The number of nitrogens with two attached hydrogens (primary N) is 1. The molecule has 1 heterocycles. The summed E-state index contributed by atoms with van der Waals surface area (Å²) in [4.78, 5) is 50.1. The van der Waals surface area contributed by atoms with Gasteiger partial charge in [-0.1, -0.05) is 38.2 Å². The fourth-order valence-corrected chi connectivity index (χ4v) is 4.87. The molecular weight excluding hydrogens is 520 g/mol. The number of ketones is 2. The maximum Gasteiger partial charge on any atom is 0.405 e. The number of hydrogen-bond donors (Lipinski definition) is 3. The van der Waals surface area contributed by atoms with E-state index in [1.807, 2.05) is 13.0 Å². The smallest absolute Gasteiger partial charge is 0.405 e. The number of aliphatic hydroxyl groups excluding tert-OH is 1. The largest absolute Gasteiger partial charge is 0.439 e. The topological polar surface area (TPSA) is 163 Å². The van der Waals surface area contributed by atoms with Gasteiger partial charge in [0.05, 0.1) is 24.0 Å². The third-order valence-electron chi connectivity index (χ3n) is 7.05. The van der Waals surface area contributed by atoms with Crippen molar-refractivity contribution in [1.82, 2.24) is 5.32 Å².